The Hall–Kier alpha value is -1.64. The molecule has 1 fully saturated rings. The summed E-state index contributed by atoms with van der Waals surface area (Å²) >= 11 is 0. The lowest BCUT2D eigenvalue weighted by atomic mass is 9.90. The summed E-state index contributed by atoms with van der Waals surface area (Å²) in [5.41, 5.74) is 8.54. The van der Waals surface area contributed by atoms with Crippen molar-refractivity contribution >= 4 is 0 Å². The zero-order chi connectivity index (χ0) is 18.5. The van der Waals surface area contributed by atoms with Crippen LogP contribution in [0.5, 0.6) is 0 Å². The Bertz CT molecular complexity index is 663. The minimum atomic E-state index is 0.661. The van der Waals surface area contributed by atoms with Gasteiger partial charge in [-0.15, -0.1) is 0 Å². The molecule has 2 heteroatoms. The third kappa shape index (κ3) is 4.75. The molecule has 2 nitrogen and oxygen atoms in total. The van der Waals surface area contributed by atoms with Gasteiger partial charge >= 0.3 is 0 Å². The highest BCUT2D eigenvalue weighted by atomic mass is 14.9. The fourth-order valence-electron chi connectivity index (χ4n) is 4.02. The van der Waals surface area contributed by atoms with Crippen LogP contribution in [0.15, 0.2) is 36.4 Å². The number of nitrogens with one attached hydrogen (secondary N) is 2. The summed E-state index contributed by atoms with van der Waals surface area (Å²) < 4.78 is 0. The predicted octanol–water partition coefficient (Wildman–Crippen LogP) is 5.11. The monoisotopic (exact) mass is 350 g/mol. The Morgan fingerprint density at radius 1 is 0.654 bits per heavy atom. The summed E-state index contributed by atoms with van der Waals surface area (Å²) in [7, 11) is 0. The lowest BCUT2D eigenvalue weighted by molar-refractivity contribution is 0.305. The molecule has 0 spiro atoms. The topological polar surface area (TPSA) is 24.1 Å². The van der Waals surface area contributed by atoms with Gasteiger partial charge in [0.05, 0.1) is 0 Å². The molecule has 0 atom stereocenters. The van der Waals surface area contributed by atoms with Gasteiger partial charge in [-0.2, -0.15) is 0 Å². The second kappa shape index (κ2) is 8.83. The van der Waals surface area contributed by atoms with Crippen LogP contribution in [0.1, 0.15) is 59.1 Å². The first-order valence-electron chi connectivity index (χ1n) is 10.1. The van der Waals surface area contributed by atoms with Gasteiger partial charge in [0.25, 0.3) is 0 Å². The number of aryl methyl sites for hydroxylation is 2. The van der Waals surface area contributed by atoms with Crippen LogP contribution in [-0.2, 0) is 13.1 Å². The van der Waals surface area contributed by atoms with Crippen molar-refractivity contribution in [3.63, 3.8) is 0 Å². The maximum absolute atomic E-state index is 3.79. The van der Waals surface area contributed by atoms with E-state index in [2.05, 4.69) is 74.7 Å². The van der Waals surface area contributed by atoms with E-state index >= 15 is 0 Å². The van der Waals surface area contributed by atoms with Crippen LogP contribution >= 0.6 is 0 Å². The molecule has 140 valence electrons. The Labute approximate surface area is 159 Å². The van der Waals surface area contributed by atoms with E-state index in [0.717, 1.165) is 13.1 Å². The molecule has 1 aliphatic carbocycles. The smallest absolute Gasteiger partial charge is 0.0210 e. The maximum atomic E-state index is 3.79. The minimum absolute atomic E-state index is 0.661. The van der Waals surface area contributed by atoms with E-state index in [1.807, 2.05) is 0 Å². The van der Waals surface area contributed by atoms with E-state index in [1.54, 1.807) is 0 Å². The second-order valence-electron chi connectivity index (χ2n) is 8.03. The summed E-state index contributed by atoms with van der Waals surface area (Å²) in [5.74, 6) is 0. The largest absolute Gasteiger partial charge is 0.310 e. The summed E-state index contributed by atoms with van der Waals surface area (Å²) in [5, 5.41) is 7.58. The molecule has 2 aromatic rings. The van der Waals surface area contributed by atoms with Gasteiger partial charge in [0, 0.05) is 25.2 Å². The summed E-state index contributed by atoms with van der Waals surface area (Å²) in [6.45, 7) is 10.9. The van der Waals surface area contributed by atoms with E-state index in [1.165, 1.54) is 59.1 Å². The van der Waals surface area contributed by atoms with Crippen LogP contribution < -0.4 is 10.6 Å². The highest BCUT2D eigenvalue weighted by Gasteiger charge is 2.20. The van der Waals surface area contributed by atoms with Gasteiger partial charge in [-0.3, -0.25) is 0 Å². The average Bonchev–Trinajstić information content (AvgIpc) is 2.65. The number of benzene rings is 2. The van der Waals surface area contributed by atoms with Crippen molar-refractivity contribution in [2.24, 2.45) is 0 Å². The number of rotatable bonds is 6. The molecule has 0 heterocycles. The van der Waals surface area contributed by atoms with Crippen molar-refractivity contribution in [2.75, 3.05) is 0 Å². The van der Waals surface area contributed by atoms with Gasteiger partial charge in [-0.05, 0) is 86.8 Å². The number of hydrogen-bond donors (Lipinski definition) is 2. The molecule has 3 rings (SSSR count). The van der Waals surface area contributed by atoms with Crippen LogP contribution in [0.2, 0.25) is 0 Å². The molecular weight excluding hydrogens is 316 g/mol. The Morgan fingerprint density at radius 3 is 1.42 bits per heavy atom. The normalized spacial score (nSPS) is 20.3. The van der Waals surface area contributed by atoms with Crippen molar-refractivity contribution in [3.05, 3.63) is 69.8 Å². The SMILES string of the molecule is Cc1cccc(CNC2CCC(NCc3cccc(C)c3C)CC2)c1C. The quantitative estimate of drug-likeness (QED) is 0.756. The molecule has 1 saturated carbocycles. The first kappa shape index (κ1) is 19.1. The van der Waals surface area contributed by atoms with Crippen LogP contribution in [0.3, 0.4) is 0 Å². The lowest BCUT2D eigenvalue weighted by Crippen LogP contribution is -2.39. The molecular formula is C24H34N2. The maximum Gasteiger partial charge on any atom is 0.0210 e. The van der Waals surface area contributed by atoms with Gasteiger partial charge in [0.1, 0.15) is 0 Å². The molecule has 0 saturated heterocycles. The molecule has 0 unspecified atom stereocenters. The Morgan fingerprint density at radius 2 is 1.04 bits per heavy atom. The van der Waals surface area contributed by atoms with E-state index < -0.39 is 0 Å². The standard InChI is InChI=1S/C24H34N2/c1-17-7-5-9-21(19(17)3)15-25-23-11-13-24(14-12-23)26-16-22-10-6-8-18(2)20(22)4/h5-10,23-26H,11-16H2,1-4H3. The van der Waals surface area contributed by atoms with Crippen molar-refractivity contribution < 1.29 is 0 Å². The third-order valence-corrected chi connectivity index (χ3v) is 6.32. The molecule has 0 aliphatic heterocycles. The number of hydrogen-bond acceptors (Lipinski definition) is 2. The van der Waals surface area contributed by atoms with Gasteiger partial charge in [-0.1, -0.05) is 36.4 Å². The summed E-state index contributed by atoms with van der Waals surface area (Å²) in [6, 6.07) is 14.6. The molecule has 2 N–H and O–H groups in total. The second-order valence-corrected chi connectivity index (χ2v) is 8.03. The molecule has 0 bridgehead atoms. The Balaban J connectivity index is 1.43. The van der Waals surface area contributed by atoms with Gasteiger partial charge < -0.3 is 10.6 Å². The molecule has 26 heavy (non-hydrogen) atoms. The van der Waals surface area contributed by atoms with Crippen molar-refractivity contribution in [2.45, 2.75) is 78.6 Å². The first-order chi connectivity index (χ1) is 12.5. The zero-order valence-electron chi connectivity index (χ0n) is 16.9. The van der Waals surface area contributed by atoms with Crippen molar-refractivity contribution in [1.82, 2.24) is 10.6 Å². The van der Waals surface area contributed by atoms with Crippen molar-refractivity contribution in [3.8, 4) is 0 Å². The van der Waals surface area contributed by atoms with Crippen LogP contribution in [0, 0.1) is 27.7 Å². The minimum Gasteiger partial charge on any atom is -0.310 e. The van der Waals surface area contributed by atoms with Crippen LogP contribution in [-0.4, -0.2) is 12.1 Å². The van der Waals surface area contributed by atoms with Gasteiger partial charge in [0.15, 0.2) is 0 Å². The molecule has 0 amide bonds. The molecule has 0 aromatic heterocycles. The van der Waals surface area contributed by atoms with E-state index in [0.29, 0.717) is 12.1 Å². The summed E-state index contributed by atoms with van der Waals surface area (Å²) in [4.78, 5) is 0. The van der Waals surface area contributed by atoms with Gasteiger partial charge in [0.2, 0.25) is 0 Å². The third-order valence-electron chi connectivity index (χ3n) is 6.32. The van der Waals surface area contributed by atoms with Crippen molar-refractivity contribution in [1.29, 1.82) is 0 Å². The highest BCUT2D eigenvalue weighted by molar-refractivity contribution is 5.33. The van der Waals surface area contributed by atoms with Crippen LogP contribution in [0.4, 0.5) is 0 Å². The van der Waals surface area contributed by atoms with E-state index in [-0.39, 0.29) is 0 Å². The fraction of sp³-hybridized carbons (Fsp3) is 0.500. The fourth-order valence-corrected chi connectivity index (χ4v) is 4.02. The molecule has 2 aromatic carbocycles. The average molecular weight is 351 g/mol. The first-order valence-corrected chi connectivity index (χ1v) is 10.1. The summed E-state index contributed by atoms with van der Waals surface area (Å²) in [6.07, 6.45) is 5.09. The zero-order valence-corrected chi connectivity index (χ0v) is 16.9. The molecule has 0 radical (unpaired) electrons. The lowest BCUT2D eigenvalue weighted by Gasteiger charge is -2.30. The molecule has 1 aliphatic rings. The van der Waals surface area contributed by atoms with E-state index in [9.17, 15) is 0 Å². The van der Waals surface area contributed by atoms with E-state index in [4.69, 9.17) is 0 Å². The Kier molecular flexibility index (Phi) is 6.50. The predicted molar refractivity (Wildman–Crippen MR) is 112 cm³/mol. The highest BCUT2D eigenvalue weighted by Crippen LogP contribution is 2.21. The van der Waals surface area contributed by atoms with Crippen LogP contribution in [0.25, 0.3) is 0 Å². The van der Waals surface area contributed by atoms with Gasteiger partial charge in [-0.25, -0.2) is 0 Å².